The van der Waals surface area contributed by atoms with Crippen LogP contribution in [0, 0.1) is 0 Å². The van der Waals surface area contributed by atoms with E-state index < -0.39 is 44.5 Å². The van der Waals surface area contributed by atoms with Gasteiger partial charge < -0.3 is 5.32 Å². The SMILES string of the molecule is CC(C)(C(=O)Nc1cccc(C(F)(F)F)n1)S(=O)(=O)N1CC[C@@H](F)C1. The standard InChI is InChI=1S/C14H17F4N3O3S/c1-13(2,25(23,24)21-7-6-9(15)8-21)12(22)20-11-5-3-4-10(19-11)14(16,17)18/h3-5,9H,6-8H2,1-2H3,(H,19,20,22)/t9-/m1/s1. The molecule has 140 valence electrons. The van der Waals surface area contributed by atoms with Gasteiger partial charge in [-0.05, 0) is 32.4 Å². The second-order valence-electron chi connectivity index (χ2n) is 6.12. The van der Waals surface area contributed by atoms with Crippen LogP contribution in [0.2, 0.25) is 0 Å². The molecule has 1 aromatic heterocycles. The Hall–Kier alpha value is -1.75. The van der Waals surface area contributed by atoms with Gasteiger partial charge in [-0.2, -0.15) is 17.5 Å². The number of carbonyl (C=O) groups is 1. The molecule has 1 fully saturated rings. The van der Waals surface area contributed by atoms with E-state index in [9.17, 15) is 30.8 Å². The van der Waals surface area contributed by atoms with Crippen LogP contribution in [0.15, 0.2) is 18.2 Å². The molecule has 2 heterocycles. The van der Waals surface area contributed by atoms with Gasteiger partial charge in [0, 0.05) is 13.1 Å². The molecule has 1 N–H and O–H groups in total. The number of hydrogen-bond acceptors (Lipinski definition) is 4. The Morgan fingerprint density at radius 1 is 1.32 bits per heavy atom. The highest BCUT2D eigenvalue weighted by Crippen LogP contribution is 2.30. The number of nitrogens with one attached hydrogen (secondary N) is 1. The van der Waals surface area contributed by atoms with Crippen molar-refractivity contribution in [3.05, 3.63) is 23.9 Å². The number of hydrogen-bond donors (Lipinski definition) is 1. The zero-order chi connectivity index (χ0) is 19.0. The molecule has 1 aromatic rings. The number of sulfonamides is 1. The smallest absolute Gasteiger partial charge is 0.309 e. The average molecular weight is 383 g/mol. The molecule has 0 bridgehead atoms. The molecule has 2 rings (SSSR count). The van der Waals surface area contributed by atoms with Gasteiger partial charge in [0.2, 0.25) is 15.9 Å². The predicted molar refractivity (Wildman–Crippen MR) is 82.0 cm³/mol. The molecule has 11 heteroatoms. The monoisotopic (exact) mass is 383 g/mol. The number of rotatable bonds is 4. The Balaban J connectivity index is 2.22. The van der Waals surface area contributed by atoms with Crippen LogP contribution >= 0.6 is 0 Å². The third-order valence-corrected chi connectivity index (χ3v) is 6.39. The van der Waals surface area contributed by atoms with Gasteiger partial charge in [0.05, 0.1) is 0 Å². The Morgan fingerprint density at radius 3 is 2.48 bits per heavy atom. The quantitative estimate of drug-likeness (QED) is 0.809. The van der Waals surface area contributed by atoms with Crippen molar-refractivity contribution < 1.29 is 30.8 Å². The van der Waals surface area contributed by atoms with E-state index in [1.54, 1.807) is 0 Å². The van der Waals surface area contributed by atoms with Crippen molar-refractivity contribution in [2.75, 3.05) is 18.4 Å². The van der Waals surface area contributed by atoms with Crippen LogP contribution in [-0.4, -0.2) is 47.6 Å². The molecular weight excluding hydrogens is 366 g/mol. The number of amides is 1. The Labute approximate surface area is 142 Å². The first-order valence-corrected chi connectivity index (χ1v) is 8.79. The molecule has 1 saturated heterocycles. The highest BCUT2D eigenvalue weighted by atomic mass is 32.2. The predicted octanol–water partition coefficient (Wildman–Crippen LogP) is 2.19. The molecule has 1 aliphatic rings. The summed E-state index contributed by atoms with van der Waals surface area (Å²) in [4.78, 5) is 15.6. The van der Waals surface area contributed by atoms with Crippen molar-refractivity contribution in [2.24, 2.45) is 0 Å². The molecule has 1 aliphatic heterocycles. The zero-order valence-corrected chi connectivity index (χ0v) is 14.3. The van der Waals surface area contributed by atoms with Gasteiger partial charge in [0.25, 0.3) is 0 Å². The number of anilines is 1. The minimum absolute atomic E-state index is 0.0338. The molecule has 1 amide bonds. The molecule has 0 saturated carbocycles. The van der Waals surface area contributed by atoms with Crippen molar-refractivity contribution in [3.8, 4) is 0 Å². The van der Waals surface area contributed by atoms with E-state index >= 15 is 0 Å². The summed E-state index contributed by atoms with van der Waals surface area (Å²) >= 11 is 0. The van der Waals surface area contributed by atoms with E-state index in [1.807, 2.05) is 0 Å². The second kappa shape index (κ2) is 6.52. The molecule has 0 spiro atoms. The fourth-order valence-corrected chi connectivity index (χ4v) is 3.91. The Morgan fingerprint density at radius 2 is 1.96 bits per heavy atom. The van der Waals surface area contributed by atoms with E-state index in [-0.39, 0.29) is 19.5 Å². The van der Waals surface area contributed by atoms with Crippen LogP contribution in [0.5, 0.6) is 0 Å². The number of nitrogens with zero attached hydrogens (tertiary/aromatic N) is 2. The highest BCUT2D eigenvalue weighted by molar-refractivity contribution is 7.91. The molecule has 0 radical (unpaired) electrons. The largest absolute Gasteiger partial charge is 0.433 e. The van der Waals surface area contributed by atoms with E-state index in [0.29, 0.717) is 0 Å². The fourth-order valence-electron chi connectivity index (χ4n) is 2.27. The fraction of sp³-hybridized carbons (Fsp3) is 0.571. The summed E-state index contributed by atoms with van der Waals surface area (Å²) in [6.45, 7) is 1.82. The summed E-state index contributed by atoms with van der Waals surface area (Å²) in [6.07, 6.45) is -5.97. The first-order chi connectivity index (χ1) is 11.4. The molecule has 25 heavy (non-hydrogen) atoms. The lowest BCUT2D eigenvalue weighted by molar-refractivity contribution is -0.141. The summed E-state index contributed by atoms with van der Waals surface area (Å²) in [5.74, 6) is -1.48. The van der Waals surface area contributed by atoms with Crippen LogP contribution in [0.3, 0.4) is 0 Å². The Kier molecular flexibility index (Phi) is 5.11. The van der Waals surface area contributed by atoms with Gasteiger partial charge in [0.1, 0.15) is 17.7 Å². The van der Waals surface area contributed by atoms with Gasteiger partial charge in [-0.3, -0.25) is 4.79 Å². The second-order valence-corrected chi connectivity index (χ2v) is 8.61. The van der Waals surface area contributed by atoms with Crippen molar-refractivity contribution >= 4 is 21.7 Å². The summed E-state index contributed by atoms with van der Waals surface area (Å²) < 4.78 is 75.2. The number of pyridine rings is 1. The lowest BCUT2D eigenvalue weighted by Crippen LogP contribution is -2.51. The van der Waals surface area contributed by atoms with Crippen molar-refractivity contribution in [2.45, 2.75) is 37.4 Å². The maximum absolute atomic E-state index is 13.3. The minimum Gasteiger partial charge on any atom is -0.309 e. The first-order valence-electron chi connectivity index (χ1n) is 7.35. The van der Waals surface area contributed by atoms with E-state index in [4.69, 9.17) is 0 Å². The van der Waals surface area contributed by atoms with E-state index in [2.05, 4.69) is 10.3 Å². The van der Waals surface area contributed by atoms with Gasteiger partial charge in [-0.1, -0.05) is 6.07 Å². The van der Waals surface area contributed by atoms with Crippen LogP contribution < -0.4 is 5.32 Å². The lowest BCUT2D eigenvalue weighted by Gasteiger charge is -2.28. The molecule has 0 aromatic carbocycles. The van der Waals surface area contributed by atoms with E-state index in [0.717, 1.165) is 36.4 Å². The maximum atomic E-state index is 13.3. The van der Waals surface area contributed by atoms with Crippen LogP contribution in [0.25, 0.3) is 0 Å². The van der Waals surface area contributed by atoms with Gasteiger partial charge in [-0.25, -0.2) is 17.8 Å². The van der Waals surface area contributed by atoms with Gasteiger partial charge in [0.15, 0.2) is 4.75 Å². The van der Waals surface area contributed by atoms with Crippen molar-refractivity contribution in [3.63, 3.8) is 0 Å². The maximum Gasteiger partial charge on any atom is 0.433 e. The third kappa shape index (κ3) is 3.92. The van der Waals surface area contributed by atoms with Crippen LogP contribution in [0.4, 0.5) is 23.4 Å². The Bertz CT molecular complexity index is 765. The van der Waals surface area contributed by atoms with E-state index in [1.165, 1.54) is 0 Å². The minimum atomic E-state index is -4.70. The van der Waals surface area contributed by atoms with Crippen molar-refractivity contribution in [1.82, 2.24) is 9.29 Å². The average Bonchev–Trinajstić information content (AvgIpc) is 2.93. The van der Waals surface area contributed by atoms with Gasteiger partial charge >= 0.3 is 6.18 Å². The molecule has 6 nitrogen and oxygen atoms in total. The summed E-state index contributed by atoms with van der Waals surface area (Å²) in [7, 11) is -4.20. The number of aromatic nitrogens is 1. The molecular formula is C14H17F4N3O3S. The van der Waals surface area contributed by atoms with Crippen molar-refractivity contribution in [1.29, 1.82) is 0 Å². The number of halogens is 4. The van der Waals surface area contributed by atoms with Gasteiger partial charge in [-0.15, -0.1) is 0 Å². The first kappa shape index (κ1) is 19.6. The molecule has 1 atom stereocenters. The third-order valence-electron chi connectivity index (χ3n) is 3.91. The van der Waals surface area contributed by atoms with Crippen LogP contribution in [-0.2, 0) is 21.0 Å². The summed E-state index contributed by atoms with van der Waals surface area (Å²) in [6, 6.07) is 2.88. The molecule has 0 unspecified atom stereocenters. The summed E-state index contributed by atoms with van der Waals surface area (Å²) in [5, 5.41) is 2.09. The molecule has 0 aliphatic carbocycles. The zero-order valence-electron chi connectivity index (χ0n) is 13.5. The number of carbonyl (C=O) groups excluding carboxylic acids is 1. The van der Waals surface area contributed by atoms with Crippen LogP contribution in [0.1, 0.15) is 26.0 Å². The normalized spacial score (nSPS) is 19.8. The lowest BCUT2D eigenvalue weighted by atomic mass is 10.2. The number of alkyl halides is 4. The summed E-state index contributed by atoms with van der Waals surface area (Å²) in [5.41, 5.74) is -1.22. The highest BCUT2D eigenvalue weighted by Gasteiger charge is 2.47. The topological polar surface area (TPSA) is 79.4 Å².